The van der Waals surface area contributed by atoms with Gasteiger partial charge in [0.05, 0.1) is 0 Å². The molecule has 0 radical (unpaired) electrons. The van der Waals surface area contributed by atoms with Crippen molar-refractivity contribution in [2.24, 2.45) is 0 Å². The molecule has 1 aliphatic rings. The highest BCUT2D eigenvalue weighted by Gasteiger charge is 2.46. The molecule has 68 valence electrons. The van der Waals surface area contributed by atoms with Gasteiger partial charge in [-0.3, -0.25) is 0 Å². The molecule has 1 fully saturated rings. The zero-order valence-electron chi connectivity index (χ0n) is 7.02. The van der Waals surface area contributed by atoms with Crippen molar-refractivity contribution in [3.63, 3.8) is 0 Å². The predicted molar refractivity (Wildman–Crippen MR) is 55.4 cm³/mol. The topological polar surface area (TPSA) is 40.5 Å². The van der Waals surface area contributed by atoms with Gasteiger partial charge in [-0.1, -0.05) is 28.1 Å². The largest absolute Gasteiger partial charge is 0.455 e. The van der Waals surface area contributed by atoms with E-state index in [9.17, 15) is 0 Å². The van der Waals surface area contributed by atoms with Gasteiger partial charge in [0.2, 0.25) is 0 Å². The van der Waals surface area contributed by atoms with Crippen LogP contribution in [0.3, 0.4) is 0 Å². The van der Waals surface area contributed by atoms with Gasteiger partial charge < -0.3 is 10.0 Å². The van der Waals surface area contributed by atoms with Crippen molar-refractivity contribution in [2.45, 2.75) is 18.2 Å². The van der Waals surface area contributed by atoms with Crippen LogP contribution in [0.4, 0.5) is 0 Å². The summed E-state index contributed by atoms with van der Waals surface area (Å²) in [7, 11) is -1.16. The van der Waals surface area contributed by atoms with Gasteiger partial charge in [0, 0.05) is 10.3 Å². The van der Waals surface area contributed by atoms with Crippen molar-refractivity contribution in [2.75, 3.05) is 0 Å². The maximum atomic E-state index is 8.94. The lowest BCUT2D eigenvalue weighted by atomic mass is 9.81. The standard InChI is InChI=1S/C9H10BBrO2/c11-7-3-1-2-6(4-7)8-5-9(8)10(12)13/h1-4,8-9,12-13H,5H2. The lowest BCUT2D eigenvalue weighted by molar-refractivity contribution is 0.402. The van der Waals surface area contributed by atoms with Crippen LogP contribution in [0.1, 0.15) is 17.9 Å². The summed E-state index contributed by atoms with van der Waals surface area (Å²) in [5.74, 6) is 0.367. The van der Waals surface area contributed by atoms with Crippen LogP contribution in [-0.2, 0) is 0 Å². The lowest BCUT2D eigenvalue weighted by Gasteiger charge is -2.00. The molecule has 0 heterocycles. The average Bonchev–Trinajstić information content (AvgIpc) is 2.82. The first-order valence-corrected chi connectivity index (χ1v) is 5.09. The first-order valence-electron chi connectivity index (χ1n) is 4.30. The van der Waals surface area contributed by atoms with Crippen LogP contribution in [0, 0.1) is 0 Å². The third kappa shape index (κ3) is 1.95. The third-order valence-electron chi connectivity index (χ3n) is 2.50. The van der Waals surface area contributed by atoms with Crippen molar-refractivity contribution in [3.05, 3.63) is 34.3 Å². The molecule has 1 aliphatic carbocycles. The minimum absolute atomic E-state index is 0.0364. The van der Waals surface area contributed by atoms with Crippen molar-refractivity contribution in [1.82, 2.24) is 0 Å². The summed E-state index contributed by atoms with van der Waals surface area (Å²) in [6.45, 7) is 0. The molecule has 0 bridgehead atoms. The average molecular weight is 241 g/mol. The summed E-state index contributed by atoms with van der Waals surface area (Å²) in [5, 5.41) is 17.9. The summed E-state index contributed by atoms with van der Waals surface area (Å²) in [4.78, 5) is 0. The van der Waals surface area contributed by atoms with Crippen LogP contribution >= 0.6 is 15.9 Å². The summed E-state index contributed by atoms with van der Waals surface area (Å²) in [6.07, 6.45) is 0.883. The summed E-state index contributed by atoms with van der Waals surface area (Å²) >= 11 is 3.39. The molecule has 0 aliphatic heterocycles. The third-order valence-corrected chi connectivity index (χ3v) is 2.99. The van der Waals surface area contributed by atoms with Gasteiger partial charge in [-0.15, -0.1) is 0 Å². The van der Waals surface area contributed by atoms with Gasteiger partial charge in [0.25, 0.3) is 0 Å². The van der Waals surface area contributed by atoms with Gasteiger partial charge in [0.1, 0.15) is 0 Å². The summed E-state index contributed by atoms with van der Waals surface area (Å²) in [5.41, 5.74) is 1.19. The van der Waals surface area contributed by atoms with Crippen LogP contribution in [0.25, 0.3) is 0 Å². The van der Waals surface area contributed by atoms with Crippen LogP contribution in [0.5, 0.6) is 0 Å². The Morgan fingerprint density at radius 2 is 2.15 bits per heavy atom. The van der Waals surface area contributed by atoms with E-state index < -0.39 is 7.12 Å². The van der Waals surface area contributed by atoms with Crippen LogP contribution < -0.4 is 0 Å². The van der Waals surface area contributed by atoms with Crippen molar-refractivity contribution in [1.29, 1.82) is 0 Å². The Morgan fingerprint density at radius 3 is 2.69 bits per heavy atom. The highest BCUT2D eigenvalue weighted by Crippen LogP contribution is 2.53. The van der Waals surface area contributed by atoms with E-state index in [0.717, 1.165) is 10.9 Å². The van der Waals surface area contributed by atoms with Crippen LogP contribution in [0.15, 0.2) is 28.7 Å². The zero-order valence-corrected chi connectivity index (χ0v) is 8.61. The normalized spacial score (nSPS) is 25.8. The fourth-order valence-electron chi connectivity index (χ4n) is 1.66. The molecule has 2 N–H and O–H groups in total. The van der Waals surface area contributed by atoms with Gasteiger partial charge >= 0.3 is 7.12 Å². The molecule has 1 aromatic rings. The van der Waals surface area contributed by atoms with Gasteiger partial charge in [-0.05, 0) is 30.0 Å². The highest BCUT2D eigenvalue weighted by atomic mass is 79.9. The molecular formula is C9H10BBrO2. The van der Waals surface area contributed by atoms with E-state index >= 15 is 0 Å². The SMILES string of the molecule is OB(O)C1CC1c1cccc(Br)c1. The van der Waals surface area contributed by atoms with E-state index in [2.05, 4.69) is 15.9 Å². The second kappa shape index (κ2) is 3.44. The monoisotopic (exact) mass is 240 g/mol. The van der Waals surface area contributed by atoms with E-state index in [-0.39, 0.29) is 5.82 Å². The maximum absolute atomic E-state index is 8.94. The Bertz CT molecular complexity index is 316. The minimum Gasteiger partial charge on any atom is -0.427 e. The van der Waals surface area contributed by atoms with E-state index in [1.54, 1.807) is 0 Å². The molecule has 13 heavy (non-hydrogen) atoms. The molecule has 1 saturated carbocycles. The van der Waals surface area contributed by atoms with E-state index in [4.69, 9.17) is 10.0 Å². The lowest BCUT2D eigenvalue weighted by Crippen LogP contribution is -2.11. The molecule has 2 rings (SSSR count). The second-order valence-electron chi connectivity index (χ2n) is 3.47. The first-order chi connectivity index (χ1) is 6.18. The van der Waals surface area contributed by atoms with Gasteiger partial charge in [0.15, 0.2) is 0 Å². The van der Waals surface area contributed by atoms with E-state index in [1.165, 1.54) is 5.56 Å². The fraction of sp³-hybridized carbons (Fsp3) is 0.333. The molecule has 1 aromatic carbocycles. The summed E-state index contributed by atoms with van der Waals surface area (Å²) < 4.78 is 1.04. The molecule has 0 saturated heterocycles. The zero-order chi connectivity index (χ0) is 9.42. The molecule has 2 atom stereocenters. The van der Waals surface area contributed by atoms with Crippen LogP contribution in [0.2, 0.25) is 5.82 Å². The Kier molecular flexibility index (Phi) is 2.45. The molecule has 2 unspecified atom stereocenters. The Morgan fingerprint density at radius 1 is 1.38 bits per heavy atom. The number of benzene rings is 1. The molecule has 0 spiro atoms. The molecule has 0 amide bonds. The molecule has 0 aromatic heterocycles. The number of rotatable bonds is 2. The number of hydrogen-bond acceptors (Lipinski definition) is 2. The smallest absolute Gasteiger partial charge is 0.427 e. The van der Waals surface area contributed by atoms with Crippen LogP contribution in [-0.4, -0.2) is 17.2 Å². The summed E-state index contributed by atoms with van der Waals surface area (Å²) in [6, 6.07) is 8.00. The van der Waals surface area contributed by atoms with Crippen molar-refractivity contribution in [3.8, 4) is 0 Å². The minimum atomic E-state index is -1.16. The Balaban J connectivity index is 2.12. The molecular weight excluding hydrogens is 231 g/mol. The Hall–Kier alpha value is -0.315. The van der Waals surface area contributed by atoms with E-state index in [0.29, 0.717) is 5.92 Å². The van der Waals surface area contributed by atoms with Crippen molar-refractivity contribution >= 4 is 23.0 Å². The number of halogens is 1. The molecule has 2 nitrogen and oxygen atoms in total. The van der Waals surface area contributed by atoms with Crippen molar-refractivity contribution < 1.29 is 10.0 Å². The van der Waals surface area contributed by atoms with Gasteiger partial charge in [-0.2, -0.15) is 0 Å². The first kappa shape index (κ1) is 9.25. The quantitative estimate of drug-likeness (QED) is 0.774. The highest BCUT2D eigenvalue weighted by molar-refractivity contribution is 9.10. The Labute approximate surface area is 85.9 Å². The predicted octanol–water partition coefficient (Wildman–Crippen LogP) is 1.78. The number of hydrogen-bond donors (Lipinski definition) is 2. The van der Waals surface area contributed by atoms with E-state index in [1.807, 2.05) is 24.3 Å². The second-order valence-corrected chi connectivity index (χ2v) is 4.39. The maximum Gasteiger partial charge on any atom is 0.455 e. The molecule has 4 heteroatoms. The van der Waals surface area contributed by atoms with Gasteiger partial charge in [-0.25, -0.2) is 0 Å². The fourth-order valence-corrected chi connectivity index (χ4v) is 2.08.